The second-order valence-corrected chi connectivity index (χ2v) is 7.25. The van der Waals surface area contributed by atoms with Crippen LogP contribution in [0.25, 0.3) is 0 Å². The van der Waals surface area contributed by atoms with Crippen molar-refractivity contribution in [3.8, 4) is 0 Å². The van der Waals surface area contributed by atoms with E-state index in [0.717, 1.165) is 16.2 Å². The van der Waals surface area contributed by atoms with Crippen LogP contribution in [-0.2, 0) is 6.42 Å². The summed E-state index contributed by atoms with van der Waals surface area (Å²) in [6.45, 7) is 0. The molecule has 8 nitrogen and oxygen atoms in total. The van der Waals surface area contributed by atoms with Crippen molar-refractivity contribution in [2.45, 2.75) is 15.8 Å². The predicted molar refractivity (Wildman–Crippen MR) is 75.1 cm³/mol. The first-order valence-corrected chi connectivity index (χ1v) is 7.84. The summed E-state index contributed by atoms with van der Waals surface area (Å²) in [5.41, 5.74) is 0. The normalized spacial score (nSPS) is 15.8. The number of thiazole rings is 1. The van der Waals surface area contributed by atoms with Crippen molar-refractivity contribution in [2.75, 3.05) is 0 Å². The Kier molecular flexibility index (Phi) is 3.54. The number of aromatic nitrogens is 1. The lowest BCUT2D eigenvalue weighted by atomic mass is 10.3. The molecule has 0 saturated carbocycles. The van der Waals surface area contributed by atoms with Crippen LogP contribution in [-0.4, -0.2) is 14.9 Å². The minimum Gasteiger partial charge on any atom is -0.257 e. The smallest absolute Gasteiger partial charge is 0.257 e. The Labute approximate surface area is 124 Å². The molecule has 0 atom stereocenters. The van der Waals surface area contributed by atoms with Crippen LogP contribution in [0.4, 0.5) is 5.00 Å². The van der Waals surface area contributed by atoms with Gasteiger partial charge in [0.05, 0.1) is 4.92 Å². The fourth-order valence-electron chi connectivity index (χ4n) is 1.51. The number of hydrogen-bond donors (Lipinski definition) is 0. The lowest BCUT2D eigenvalue weighted by molar-refractivity contribution is -0.380. The predicted octanol–water partition coefficient (Wildman–Crippen LogP) is 3.93. The molecule has 0 amide bonds. The summed E-state index contributed by atoms with van der Waals surface area (Å²) in [4.78, 5) is 14.4. The second kappa shape index (κ2) is 5.34. The summed E-state index contributed by atoms with van der Waals surface area (Å²) >= 11 is 3.80. The molecular weight excluding hydrogens is 320 g/mol. The molecule has 0 radical (unpaired) electrons. The Hall–Kier alpha value is -1.72. The lowest BCUT2D eigenvalue weighted by Gasteiger charge is -2.15. The van der Waals surface area contributed by atoms with E-state index >= 15 is 0 Å². The summed E-state index contributed by atoms with van der Waals surface area (Å²) in [5.74, 6) is 0. The number of rotatable bonds is 5. The van der Waals surface area contributed by atoms with Gasteiger partial charge < -0.3 is 0 Å². The number of thioether (sulfide) groups is 1. The molecule has 1 aliphatic rings. The fraction of sp³-hybridized carbons (Fsp3) is 0.222. The van der Waals surface area contributed by atoms with Crippen LogP contribution < -0.4 is 0 Å². The van der Waals surface area contributed by atoms with Gasteiger partial charge in [0.1, 0.15) is 6.20 Å². The summed E-state index contributed by atoms with van der Waals surface area (Å²) in [5, 5.41) is 27.9. The molecule has 20 heavy (non-hydrogen) atoms. The average molecular weight is 326 g/mol. The Morgan fingerprint density at radius 2 is 2.20 bits per heavy atom. The molecule has 0 aliphatic carbocycles. The highest BCUT2D eigenvalue weighted by atomic mass is 32.2. The van der Waals surface area contributed by atoms with Crippen molar-refractivity contribution in [3.63, 3.8) is 0 Å². The fourth-order valence-corrected chi connectivity index (χ4v) is 4.43. The molecule has 0 saturated heterocycles. The van der Waals surface area contributed by atoms with Gasteiger partial charge in [-0.2, -0.15) is 0 Å². The van der Waals surface area contributed by atoms with E-state index < -0.39 is 9.92 Å². The van der Waals surface area contributed by atoms with Crippen LogP contribution in [0.3, 0.4) is 0 Å². The molecule has 0 unspecified atom stereocenters. The maximum Gasteiger partial charge on any atom is 0.344 e. The summed E-state index contributed by atoms with van der Waals surface area (Å²) < 4.78 is 0.521. The molecule has 2 aromatic rings. The van der Waals surface area contributed by atoms with E-state index in [1.165, 1.54) is 18.0 Å². The second-order valence-electron chi connectivity index (χ2n) is 3.70. The van der Waals surface area contributed by atoms with Crippen molar-refractivity contribution in [1.82, 2.24) is 4.98 Å². The maximum absolute atomic E-state index is 10.7. The van der Waals surface area contributed by atoms with Gasteiger partial charge in [-0.05, 0) is 45.0 Å². The standard InChI is InChI=1S/C9H6N6O2S3/c16-15(17)7-5-10-8(19-7)20-9(11-13-14-12-9)4-6-2-1-3-18-6/h1-3,5H,4H2. The average Bonchev–Trinajstić information content (AvgIpc) is 3.12. The molecule has 102 valence electrons. The maximum atomic E-state index is 10.7. The van der Waals surface area contributed by atoms with Crippen LogP contribution in [0.15, 0.2) is 48.7 Å². The number of nitro groups is 1. The lowest BCUT2D eigenvalue weighted by Crippen LogP contribution is -2.19. The van der Waals surface area contributed by atoms with Crippen molar-refractivity contribution in [2.24, 2.45) is 20.7 Å². The third-order valence-electron chi connectivity index (χ3n) is 2.33. The van der Waals surface area contributed by atoms with Crippen LogP contribution in [0.2, 0.25) is 0 Å². The molecule has 0 fully saturated rings. The molecule has 3 heterocycles. The Bertz CT molecular complexity index is 668. The van der Waals surface area contributed by atoms with Crippen LogP contribution in [0.5, 0.6) is 0 Å². The van der Waals surface area contributed by atoms with Gasteiger partial charge >= 0.3 is 5.00 Å². The largest absolute Gasteiger partial charge is 0.344 e. The Morgan fingerprint density at radius 3 is 2.80 bits per heavy atom. The first-order valence-electron chi connectivity index (χ1n) is 5.33. The van der Waals surface area contributed by atoms with Crippen molar-refractivity contribution < 1.29 is 4.92 Å². The minimum atomic E-state index is -0.906. The van der Waals surface area contributed by atoms with Gasteiger partial charge in [0.2, 0.25) is 0 Å². The SMILES string of the molecule is O=[N+]([O-])c1cnc(SC2(Cc3cccs3)N=NN=N2)s1. The highest BCUT2D eigenvalue weighted by molar-refractivity contribution is 8.02. The summed E-state index contributed by atoms with van der Waals surface area (Å²) in [7, 11) is 0. The van der Waals surface area contributed by atoms with E-state index in [-0.39, 0.29) is 5.00 Å². The zero-order valence-electron chi connectivity index (χ0n) is 9.74. The number of nitrogens with zero attached hydrogens (tertiary/aromatic N) is 6. The van der Waals surface area contributed by atoms with Gasteiger partial charge in [-0.25, -0.2) is 4.98 Å². The third kappa shape index (κ3) is 2.73. The zero-order valence-corrected chi connectivity index (χ0v) is 12.2. The quantitative estimate of drug-likeness (QED) is 0.612. The first-order chi connectivity index (χ1) is 9.67. The van der Waals surface area contributed by atoms with Crippen LogP contribution in [0.1, 0.15) is 4.88 Å². The summed E-state index contributed by atoms with van der Waals surface area (Å²) in [6.07, 6.45) is 1.75. The molecule has 1 aliphatic heterocycles. The van der Waals surface area contributed by atoms with E-state index in [2.05, 4.69) is 25.7 Å². The minimum absolute atomic E-state index is 0.00866. The van der Waals surface area contributed by atoms with Crippen molar-refractivity contribution in [3.05, 3.63) is 38.7 Å². The molecule has 2 aromatic heterocycles. The topological polar surface area (TPSA) is 105 Å². The molecule has 0 N–H and O–H groups in total. The number of hydrogen-bond acceptors (Lipinski definition) is 10. The molecule has 11 heteroatoms. The molecule has 0 aromatic carbocycles. The van der Waals surface area contributed by atoms with Gasteiger partial charge in [-0.1, -0.05) is 6.07 Å². The van der Waals surface area contributed by atoms with E-state index in [1.807, 2.05) is 17.5 Å². The van der Waals surface area contributed by atoms with Gasteiger partial charge in [-0.15, -0.1) is 21.6 Å². The van der Waals surface area contributed by atoms with Crippen molar-refractivity contribution in [1.29, 1.82) is 0 Å². The Morgan fingerprint density at radius 1 is 1.40 bits per heavy atom. The summed E-state index contributed by atoms with van der Waals surface area (Å²) in [6, 6.07) is 3.91. The highest BCUT2D eigenvalue weighted by Gasteiger charge is 2.37. The highest BCUT2D eigenvalue weighted by Crippen LogP contribution is 2.44. The van der Waals surface area contributed by atoms with Gasteiger partial charge in [0, 0.05) is 11.3 Å². The molecule has 3 rings (SSSR count). The van der Waals surface area contributed by atoms with Gasteiger partial charge in [-0.3, -0.25) is 10.1 Å². The van der Waals surface area contributed by atoms with Crippen LogP contribution >= 0.6 is 34.4 Å². The van der Waals surface area contributed by atoms with Crippen LogP contribution in [0, 0.1) is 10.1 Å². The zero-order chi connectivity index (χ0) is 14.0. The van der Waals surface area contributed by atoms with E-state index in [9.17, 15) is 10.1 Å². The Balaban J connectivity index is 1.82. The number of thiophene rings is 1. The van der Waals surface area contributed by atoms with Crippen molar-refractivity contribution >= 4 is 39.4 Å². The van der Waals surface area contributed by atoms with E-state index in [0.29, 0.717) is 10.8 Å². The van der Waals surface area contributed by atoms with E-state index in [4.69, 9.17) is 0 Å². The molecular formula is C9H6N6O2S3. The third-order valence-corrected chi connectivity index (χ3v) is 5.36. The van der Waals surface area contributed by atoms with Gasteiger partial charge in [0.15, 0.2) is 4.34 Å². The van der Waals surface area contributed by atoms with E-state index in [1.54, 1.807) is 11.3 Å². The molecule has 0 bridgehead atoms. The van der Waals surface area contributed by atoms with Gasteiger partial charge in [0.25, 0.3) is 4.99 Å². The molecule has 0 spiro atoms. The first kappa shape index (κ1) is 13.3. The monoisotopic (exact) mass is 326 g/mol.